The summed E-state index contributed by atoms with van der Waals surface area (Å²) in [5.74, 6) is 2.56. The number of benzene rings is 6. The Morgan fingerprint density at radius 1 is 0.391 bits per heavy atom. The summed E-state index contributed by atoms with van der Waals surface area (Å²) >= 11 is 17.7. The van der Waals surface area contributed by atoms with Gasteiger partial charge in [0, 0.05) is 15.1 Å². The van der Waals surface area contributed by atoms with Crippen molar-refractivity contribution in [3.63, 3.8) is 0 Å². The fraction of sp³-hybridized carbons (Fsp3) is 0.0270. The minimum Gasteiger partial charge on any atom is -0.497 e. The molecule has 0 N–H and O–H groups in total. The number of methoxy groups -OCH3 is 1. The molecule has 4 nitrogen and oxygen atoms in total. The van der Waals surface area contributed by atoms with Crippen LogP contribution in [-0.2, 0) is 0 Å². The summed E-state index contributed by atoms with van der Waals surface area (Å²) in [5.41, 5.74) is 0. The van der Waals surface area contributed by atoms with Crippen LogP contribution in [0.15, 0.2) is 158 Å². The van der Waals surface area contributed by atoms with E-state index in [1.54, 1.807) is 79.9 Å². The summed E-state index contributed by atoms with van der Waals surface area (Å²) in [7, 11) is 0.171. The standard InChI is InChI=1S/C19H17OP.C18H12BCl3O3/c1-20-16-12-14-19(15-13-16)21(17-8-4-2-5-9-17)18-10-6-3-7-11-18;20-13-1-7-16(8-2-13)23-19(24-17-9-3-14(21)4-10-17)25-18-11-5-15(22)6-12-18/h2-15H,1H3;1-12H. The van der Waals surface area contributed by atoms with Gasteiger partial charge in [-0.15, -0.1) is 0 Å². The highest BCUT2D eigenvalue weighted by molar-refractivity contribution is 7.79. The molecule has 0 spiro atoms. The van der Waals surface area contributed by atoms with Gasteiger partial charge in [0.2, 0.25) is 0 Å². The molecule has 0 heterocycles. The van der Waals surface area contributed by atoms with Crippen LogP contribution >= 0.6 is 42.7 Å². The summed E-state index contributed by atoms with van der Waals surface area (Å²) in [5, 5.41) is 5.90. The Hall–Kier alpha value is -4.12. The van der Waals surface area contributed by atoms with Crippen LogP contribution in [0.2, 0.25) is 15.1 Å². The molecule has 0 radical (unpaired) electrons. The van der Waals surface area contributed by atoms with Gasteiger partial charge in [-0.2, -0.15) is 0 Å². The summed E-state index contributed by atoms with van der Waals surface area (Å²) in [6.45, 7) is 0. The molecule has 9 heteroatoms. The van der Waals surface area contributed by atoms with E-state index in [-0.39, 0.29) is 0 Å². The predicted octanol–water partition coefficient (Wildman–Crippen LogP) is 9.62. The van der Waals surface area contributed by atoms with Gasteiger partial charge in [-0.3, -0.25) is 0 Å². The third kappa shape index (κ3) is 9.94. The number of halogens is 3. The smallest absolute Gasteiger partial charge is 0.497 e. The van der Waals surface area contributed by atoms with E-state index in [1.165, 1.54) is 15.9 Å². The van der Waals surface area contributed by atoms with Crippen molar-refractivity contribution in [2.45, 2.75) is 0 Å². The average molecular weight is 686 g/mol. The first-order chi connectivity index (χ1) is 22.5. The Bertz CT molecular complexity index is 1610. The first kappa shape index (κ1) is 33.3. The zero-order chi connectivity index (χ0) is 32.1. The highest BCUT2D eigenvalue weighted by Crippen LogP contribution is 2.33. The fourth-order valence-corrected chi connectivity index (χ4v) is 6.94. The quantitative estimate of drug-likeness (QED) is 0.106. The van der Waals surface area contributed by atoms with Gasteiger partial charge in [-0.1, -0.05) is 108 Å². The summed E-state index contributed by atoms with van der Waals surface area (Å²) in [4.78, 5) is 0. The van der Waals surface area contributed by atoms with Gasteiger partial charge < -0.3 is 18.7 Å². The minimum atomic E-state index is -1.01. The van der Waals surface area contributed by atoms with Gasteiger partial charge in [0.05, 0.1) is 7.11 Å². The Morgan fingerprint density at radius 3 is 1.02 bits per heavy atom. The van der Waals surface area contributed by atoms with Gasteiger partial charge in [0.25, 0.3) is 0 Å². The molecule has 6 rings (SSSR count). The number of ether oxygens (including phenoxy) is 1. The van der Waals surface area contributed by atoms with Crippen LogP contribution in [0.25, 0.3) is 0 Å². The predicted molar refractivity (Wildman–Crippen MR) is 194 cm³/mol. The highest BCUT2D eigenvalue weighted by Gasteiger charge is 2.30. The first-order valence-corrected chi connectivity index (χ1v) is 16.8. The van der Waals surface area contributed by atoms with E-state index in [9.17, 15) is 0 Å². The average Bonchev–Trinajstić information content (AvgIpc) is 3.09. The van der Waals surface area contributed by atoms with Crippen LogP contribution in [0, 0.1) is 0 Å². The second-order valence-electron chi connectivity index (χ2n) is 9.71. The van der Waals surface area contributed by atoms with Crippen LogP contribution in [0.3, 0.4) is 0 Å². The van der Waals surface area contributed by atoms with Crippen molar-refractivity contribution in [1.82, 2.24) is 0 Å². The second-order valence-corrected chi connectivity index (χ2v) is 13.2. The van der Waals surface area contributed by atoms with Crippen molar-refractivity contribution >= 4 is 66.0 Å². The molecule has 0 saturated carbocycles. The monoisotopic (exact) mass is 684 g/mol. The van der Waals surface area contributed by atoms with Crippen molar-refractivity contribution in [2.75, 3.05) is 7.11 Å². The number of hydrogen-bond donors (Lipinski definition) is 0. The number of hydrogen-bond acceptors (Lipinski definition) is 4. The van der Waals surface area contributed by atoms with E-state index in [0.29, 0.717) is 32.3 Å². The van der Waals surface area contributed by atoms with E-state index in [2.05, 4.69) is 72.8 Å². The van der Waals surface area contributed by atoms with Crippen LogP contribution in [0.4, 0.5) is 0 Å². The topological polar surface area (TPSA) is 36.9 Å². The molecular weight excluding hydrogens is 657 g/mol. The van der Waals surface area contributed by atoms with Crippen LogP contribution in [-0.4, -0.2) is 14.4 Å². The molecular formula is C37H29BCl3O4P. The highest BCUT2D eigenvalue weighted by atomic mass is 35.5. The second kappa shape index (κ2) is 17.0. The van der Waals surface area contributed by atoms with Crippen molar-refractivity contribution in [2.24, 2.45) is 0 Å². The van der Waals surface area contributed by atoms with Gasteiger partial charge in [-0.05, 0) is 109 Å². The lowest BCUT2D eigenvalue weighted by molar-refractivity contribution is 0.307. The largest absolute Gasteiger partial charge is 0.864 e. The maximum atomic E-state index is 5.89. The maximum absolute atomic E-state index is 5.89. The molecule has 0 unspecified atom stereocenters. The molecule has 0 aliphatic heterocycles. The maximum Gasteiger partial charge on any atom is 0.864 e. The Labute approximate surface area is 286 Å². The Kier molecular flexibility index (Phi) is 12.3. The molecule has 230 valence electrons. The zero-order valence-corrected chi connectivity index (χ0v) is 28.0. The van der Waals surface area contributed by atoms with Crippen molar-refractivity contribution in [3.05, 3.63) is 173 Å². The molecule has 6 aromatic rings. The zero-order valence-electron chi connectivity index (χ0n) is 24.8. The van der Waals surface area contributed by atoms with E-state index in [0.717, 1.165) is 5.75 Å². The summed E-state index contributed by atoms with van der Waals surface area (Å²) < 4.78 is 22.6. The molecule has 46 heavy (non-hydrogen) atoms. The summed E-state index contributed by atoms with van der Waals surface area (Å²) in [6, 6.07) is 50.5. The molecule has 0 aliphatic carbocycles. The fourth-order valence-electron chi connectivity index (χ4n) is 4.28. The molecule has 0 bridgehead atoms. The van der Waals surface area contributed by atoms with E-state index in [1.807, 2.05) is 12.1 Å². The SMILES string of the molecule is COc1ccc(P(c2ccccc2)c2ccccc2)cc1.Clc1ccc(OB(Oc2ccc(Cl)cc2)Oc2ccc(Cl)cc2)cc1. The molecule has 0 amide bonds. The molecule has 0 saturated heterocycles. The molecule has 0 atom stereocenters. The van der Waals surface area contributed by atoms with E-state index >= 15 is 0 Å². The molecule has 0 aromatic heterocycles. The first-order valence-electron chi connectivity index (χ1n) is 14.3. The van der Waals surface area contributed by atoms with Gasteiger partial charge in [-0.25, -0.2) is 0 Å². The van der Waals surface area contributed by atoms with Crippen molar-refractivity contribution in [3.8, 4) is 23.0 Å². The molecule has 6 aromatic carbocycles. The summed E-state index contributed by atoms with van der Waals surface area (Å²) in [6.07, 6.45) is 0. The Morgan fingerprint density at radius 2 is 0.696 bits per heavy atom. The lowest BCUT2D eigenvalue weighted by Crippen LogP contribution is -2.36. The normalized spacial score (nSPS) is 10.4. The van der Waals surface area contributed by atoms with Crippen molar-refractivity contribution < 1.29 is 18.7 Å². The van der Waals surface area contributed by atoms with Gasteiger partial charge in [0.15, 0.2) is 0 Å². The minimum absolute atomic E-state index is 0.519. The van der Waals surface area contributed by atoms with Crippen LogP contribution < -0.4 is 34.6 Å². The van der Waals surface area contributed by atoms with Crippen LogP contribution in [0.1, 0.15) is 0 Å². The van der Waals surface area contributed by atoms with Gasteiger partial charge >= 0.3 is 7.32 Å². The Balaban J connectivity index is 0.000000184. The van der Waals surface area contributed by atoms with E-state index < -0.39 is 15.2 Å². The third-order valence-corrected chi connectivity index (χ3v) is 9.70. The molecule has 0 aliphatic rings. The van der Waals surface area contributed by atoms with E-state index in [4.69, 9.17) is 53.5 Å². The van der Waals surface area contributed by atoms with Crippen LogP contribution in [0.5, 0.6) is 23.0 Å². The number of rotatable bonds is 10. The lowest BCUT2D eigenvalue weighted by Gasteiger charge is -2.19. The molecule has 0 fully saturated rings. The van der Waals surface area contributed by atoms with Gasteiger partial charge in [0.1, 0.15) is 23.0 Å². The lowest BCUT2D eigenvalue weighted by atomic mass is 10.2. The van der Waals surface area contributed by atoms with Crippen molar-refractivity contribution in [1.29, 1.82) is 0 Å². The third-order valence-electron chi connectivity index (χ3n) is 6.50.